The van der Waals surface area contributed by atoms with E-state index in [-0.39, 0.29) is 30.9 Å². The molecule has 1 aromatic rings. The van der Waals surface area contributed by atoms with Crippen LogP contribution in [0.2, 0.25) is 0 Å². The Morgan fingerprint density at radius 2 is 1.75 bits per heavy atom. The van der Waals surface area contributed by atoms with Gasteiger partial charge in [0.1, 0.15) is 0 Å². The van der Waals surface area contributed by atoms with Crippen LogP contribution >= 0.6 is 0 Å². The first-order valence-electron chi connectivity index (χ1n) is 8.02. The lowest BCUT2D eigenvalue weighted by Crippen LogP contribution is -3.11. The molecule has 2 amide bonds. The summed E-state index contributed by atoms with van der Waals surface area (Å²) in [6.07, 6.45) is 2.11. The zero-order valence-electron chi connectivity index (χ0n) is 14.1. The molecule has 1 aromatic carbocycles. The van der Waals surface area contributed by atoms with Gasteiger partial charge in [0.15, 0.2) is 13.1 Å². The molecule has 0 radical (unpaired) electrons. The summed E-state index contributed by atoms with van der Waals surface area (Å²) in [6.45, 7) is 0.901. The Labute approximate surface area is 141 Å². The Hall–Kier alpha value is -2.41. The molecule has 7 heteroatoms. The Morgan fingerprint density at radius 1 is 1.12 bits per heavy atom. The minimum atomic E-state index is -0.389. The largest absolute Gasteiger partial charge is 0.465 e. The van der Waals surface area contributed by atoms with Gasteiger partial charge < -0.3 is 20.3 Å². The van der Waals surface area contributed by atoms with Gasteiger partial charge in [-0.25, -0.2) is 4.79 Å². The molecular formula is C17H24N3O4+. The summed E-state index contributed by atoms with van der Waals surface area (Å²) < 4.78 is 4.63. The number of likely N-dealkylation sites (N-methyl/N-ethyl adjacent to an activating group) is 1. The number of nitrogens with one attached hydrogen (secondary N) is 3. The van der Waals surface area contributed by atoms with E-state index in [9.17, 15) is 14.4 Å². The summed E-state index contributed by atoms with van der Waals surface area (Å²) in [6, 6.07) is 7.20. The molecule has 1 aliphatic carbocycles. The maximum absolute atomic E-state index is 11.9. The number of quaternary nitrogens is 1. The van der Waals surface area contributed by atoms with Crippen LogP contribution in [0.4, 0.5) is 0 Å². The molecule has 0 heterocycles. The molecule has 1 aliphatic rings. The second-order valence-electron chi connectivity index (χ2n) is 6.12. The molecule has 1 saturated carbocycles. The lowest BCUT2D eigenvalue weighted by atomic mass is 10.1. The lowest BCUT2D eigenvalue weighted by Gasteiger charge is -2.13. The van der Waals surface area contributed by atoms with Crippen molar-refractivity contribution in [2.75, 3.05) is 27.2 Å². The van der Waals surface area contributed by atoms with Crippen LogP contribution in [-0.2, 0) is 20.9 Å². The Morgan fingerprint density at radius 3 is 2.33 bits per heavy atom. The van der Waals surface area contributed by atoms with Gasteiger partial charge in [0.25, 0.3) is 11.8 Å². The van der Waals surface area contributed by atoms with Crippen molar-refractivity contribution < 1.29 is 24.0 Å². The average Bonchev–Trinajstić information content (AvgIpc) is 3.36. The van der Waals surface area contributed by atoms with Crippen LogP contribution in [0.5, 0.6) is 0 Å². The minimum absolute atomic E-state index is 0.0128. The van der Waals surface area contributed by atoms with Gasteiger partial charge in [0.05, 0.1) is 19.7 Å². The van der Waals surface area contributed by atoms with E-state index in [1.807, 2.05) is 7.05 Å². The van der Waals surface area contributed by atoms with E-state index in [2.05, 4.69) is 15.4 Å². The van der Waals surface area contributed by atoms with Crippen molar-refractivity contribution in [1.29, 1.82) is 0 Å². The normalized spacial score (nSPS) is 14.6. The highest BCUT2D eigenvalue weighted by Crippen LogP contribution is 2.17. The first kappa shape index (κ1) is 17.9. The summed E-state index contributed by atoms with van der Waals surface area (Å²) in [5.74, 6) is -0.523. The molecule has 1 atom stereocenters. The van der Waals surface area contributed by atoms with Gasteiger partial charge in [-0.1, -0.05) is 12.1 Å². The second-order valence-corrected chi connectivity index (χ2v) is 6.12. The van der Waals surface area contributed by atoms with Crippen LogP contribution in [0.3, 0.4) is 0 Å². The van der Waals surface area contributed by atoms with E-state index in [0.717, 1.165) is 23.3 Å². The Bertz CT molecular complexity index is 596. The van der Waals surface area contributed by atoms with Crippen molar-refractivity contribution in [3.8, 4) is 0 Å². The van der Waals surface area contributed by atoms with Gasteiger partial charge in [-0.15, -0.1) is 0 Å². The lowest BCUT2D eigenvalue weighted by molar-refractivity contribution is -0.862. The van der Waals surface area contributed by atoms with Crippen LogP contribution in [-0.4, -0.2) is 51.1 Å². The standard InChI is InChI=1S/C17H23N3O4/c1-20(11-16(22)19-14-7-8-14)10-15(21)18-9-12-3-5-13(6-4-12)17(23)24-2/h3-6,14H,7-11H2,1-2H3,(H,18,21)(H,19,22)/p+1. The number of ether oxygens (including phenoxy) is 1. The third kappa shape index (κ3) is 6.00. The number of methoxy groups -OCH3 is 1. The van der Waals surface area contributed by atoms with Gasteiger partial charge in [-0.05, 0) is 30.5 Å². The average molecular weight is 334 g/mol. The van der Waals surface area contributed by atoms with Gasteiger partial charge in [-0.2, -0.15) is 0 Å². The molecule has 0 bridgehead atoms. The SMILES string of the molecule is COC(=O)c1ccc(CNC(=O)C[NH+](C)CC(=O)NC2CC2)cc1. The van der Waals surface area contributed by atoms with Gasteiger partial charge in [0, 0.05) is 12.6 Å². The molecular weight excluding hydrogens is 310 g/mol. The highest BCUT2D eigenvalue weighted by atomic mass is 16.5. The van der Waals surface area contributed by atoms with Crippen molar-refractivity contribution >= 4 is 17.8 Å². The predicted octanol–water partition coefficient (Wildman–Crippen LogP) is -1.12. The number of hydrogen-bond acceptors (Lipinski definition) is 4. The molecule has 24 heavy (non-hydrogen) atoms. The zero-order valence-corrected chi connectivity index (χ0v) is 14.1. The molecule has 1 fully saturated rings. The summed E-state index contributed by atoms with van der Waals surface area (Å²) in [5, 5.41) is 5.72. The van der Waals surface area contributed by atoms with E-state index < -0.39 is 0 Å². The molecule has 1 unspecified atom stereocenters. The van der Waals surface area contributed by atoms with Gasteiger partial charge in [-0.3, -0.25) is 9.59 Å². The van der Waals surface area contributed by atoms with Crippen LogP contribution in [0.25, 0.3) is 0 Å². The number of carbonyl (C=O) groups excluding carboxylic acids is 3. The second kappa shape index (κ2) is 8.44. The topological polar surface area (TPSA) is 88.9 Å². The first-order valence-corrected chi connectivity index (χ1v) is 8.02. The molecule has 130 valence electrons. The van der Waals surface area contributed by atoms with Crippen LogP contribution < -0.4 is 15.5 Å². The summed E-state index contributed by atoms with van der Waals surface area (Å²) >= 11 is 0. The van der Waals surface area contributed by atoms with E-state index in [4.69, 9.17) is 0 Å². The van der Waals surface area contributed by atoms with E-state index in [0.29, 0.717) is 18.2 Å². The first-order chi connectivity index (χ1) is 11.5. The third-order valence-electron chi connectivity index (χ3n) is 3.73. The maximum atomic E-state index is 11.9. The summed E-state index contributed by atoms with van der Waals surface area (Å²) in [5.41, 5.74) is 1.36. The Kier molecular flexibility index (Phi) is 6.31. The fourth-order valence-corrected chi connectivity index (χ4v) is 2.26. The molecule has 0 spiro atoms. The van der Waals surface area contributed by atoms with Crippen LogP contribution in [0.15, 0.2) is 24.3 Å². The quantitative estimate of drug-likeness (QED) is 0.526. The smallest absolute Gasteiger partial charge is 0.337 e. The molecule has 0 saturated heterocycles. The highest BCUT2D eigenvalue weighted by Gasteiger charge is 2.24. The predicted molar refractivity (Wildman–Crippen MR) is 87.4 cm³/mol. The van der Waals surface area contributed by atoms with E-state index >= 15 is 0 Å². The van der Waals surface area contributed by atoms with Gasteiger partial charge >= 0.3 is 5.97 Å². The van der Waals surface area contributed by atoms with E-state index in [1.165, 1.54) is 7.11 Å². The molecule has 3 N–H and O–H groups in total. The molecule has 0 aromatic heterocycles. The molecule has 7 nitrogen and oxygen atoms in total. The van der Waals surface area contributed by atoms with E-state index in [1.54, 1.807) is 24.3 Å². The number of carbonyl (C=O) groups is 3. The van der Waals surface area contributed by atoms with Crippen molar-refractivity contribution in [1.82, 2.24) is 10.6 Å². The highest BCUT2D eigenvalue weighted by molar-refractivity contribution is 5.89. The minimum Gasteiger partial charge on any atom is -0.465 e. The molecule has 0 aliphatic heterocycles. The monoisotopic (exact) mass is 334 g/mol. The van der Waals surface area contributed by atoms with Crippen LogP contribution in [0, 0.1) is 0 Å². The number of rotatable bonds is 8. The van der Waals surface area contributed by atoms with Crippen molar-refractivity contribution in [2.45, 2.75) is 25.4 Å². The summed E-state index contributed by atoms with van der Waals surface area (Å²) in [4.78, 5) is 35.8. The van der Waals surface area contributed by atoms with Gasteiger partial charge in [0.2, 0.25) is 0 Å². The fraction of sp³-hybridized carbons (Fsp3) is 0.471. The van der Waals surface area contributed by atoms with Crippen molar-refractivity contribution in [2.24, 2.45) is 0 Å². The van der Waals surface area contributed by atoms with Crippen LogP contribution in [0.1, 0.15) is 28.8 Å². The zero-order chi connectivity index (χ0) is 17.5. The third-order valence-corrected chi connectivity index (χ3v) is 3.73. The summed E-state index contributed by atoms with van der Waals surface area (Å²) in [7, 11) is 3.15. The number of esters is 1. The number of benzene rings is 1. The Balaban J connectivity index is 1.69. The maximum Gasteiger partial charge on any atom is 0.337 e. The number of hydrogen-bond donors (Lipinski definition) is 3. The van der Waals surface area contributed by atoms with Crippen molar-refractivity contribution in [3.63, 3.8) is 0 Å². The molecule has 2 rings (SSSR count). The fourth-order valence-electron chi connectivity index (χ4n) is 2.26. The number of amides is 2. The van der Waals surface area contributed by atoms with Crippen molar-refractivity contribution in [3.05, 3.63) is 35.4 Å².